The van der Waals surface area contributed by atoms with Crippen molar-refractivity contribution in [3.8, 4) is 0 Å². The van der Waals surface area contributed by atoms with Gasteiger partial charge in [0.05, 0.1) is 11.5 Å². The average Bonchev–Trinajstić information content (AvgIpc) is 2.54. The minimum Gasteiger partial charge on any atom is -0.387 e. The Morgan fingerprint density at radius 1 is 1.21 bits per heavy atom. The lowest BCUT2D eigenvalue weighted by atomic mass is 9.64. The largest absolute Gasteiger partial charge is 0.387 e. The molecule has 3 rings (SSSR count). The Labute approximate surface area is 141 Å². The second-order valence-corrected chi connectivity index (χ2v) is 6.52. The first-order valence-corrected chi connectivity index (χ1v) is 8.31. The Bertz CT molecular complexity index is 723. The summed E-state index contributed by atoms with van der Waals surface area (Å²) in [6, 6.07) is 13.8. The first-order chi connectivity index (χ1) is 11.5. The van der Waals surface area contributed by atoms with Crippen molar-refractivity contribution < 1.29 is 14.3 Å². The number of amides is 1. The number of aliphatic hydroxyl groups excluding tert-OH is 1. The van der Waals surface area contributed by atoms with E-state index in [0.717, 1.165) is 36.0 Å². The van der Waals surface area contributed by atoms with E-state index >= 15 is 0 Å². The van der Waals surface area contributed by atoms with Gasteiger partial charge >= 0.3 is 0 Å². The van der Waals surface area contributed by atoms with Crippen LogP contribution >= 0.6 is 0 Å². The minimum atomic E-state index is -0.736. The third-order valence-electron chi connectivity index (χ3n) is 5.04. The normalized spacial score (nSPS) is 17.0. The summed E-state index contributed by atoms with van der Waals surface area (Å²) in [5.41, 5.74) is 2.08. The van der Waals surface area contributed by atoms with Crippen molar-refractivity contribution >= 4 is 5.91 Å². The molecule has 126 valence electrons. The monoisotopic (exact) mass is 327 g/mol. The van der Waals surface area contributed by atoms with E-state index in [4.69, 9.17) is 0 Å². The highest BCUT2D eigenvalue weighted by atomic mass is 19.1. The molecule has 1 aliphatic rings. The molecular formula is C20H22FNO2. The summed E-state index contributed by atoms with van der Waals surface area (Å²) in [6.45, 7) is 2.11. The second kappa shape index (κ2) is 6.73. The molecule has 0 saturated heterocycles. The number of nitrogens with one attached hydrogen (secondary N) is 1. The van der Waals surface area contributed by atoms with E-state index in [9.17, 15) is 14.3 Å². The minimum absolute atomic E-state index is 0.0898. The standard InChI is InChI=1S/C20H22FNO2/c1-14-5-2-3-6-17(14)18(23)13-22-19(24)20(11-4-12-20)15-7-9-16(21)10-8-15/h2-3,5-10,18,23H,4,11-13H2,1H3,(H,22,24). The van der Waals surface area contributed by atoms with Crippen LogP contribution in [0.2, 0.25) is 0 Å². The van der Waals surface area contributed by atoms with Crippen LogP contribution in [0.5, 0.6) is 0 Å². The number of aryl methyl sites for hydroxylation is 1. The van der Waals surface area contributed by atoms with Crippen LogP contribution < -0.4 is 5.32 Å². The van der Waals surface area contributed by atoms with Gasteiger partial charge in [0.1, 0.15) is 5.82 Å². The maximum atomic E-state index is 13.1. The van der Waals surface area contributed by atoms with Crippen LogP contribution in [0.15, 0.2) is 48.5 Å². The molecule has 24 heavy (non-hydrogen) atoms. The van der Waals surface area contributed by atoms with Gasteiger partial charge in [0.25, 0.3) is 0 Å². The van der Waals surface area contributed by atoms with E-state index in [0.29, 0.717) is 0 Å². The lowest BCUT2D eigenvalue weighted by molar-refractivity contribution is -0.130. The van der Waals surface area contributed by atoms with Gasteiger partial charge < -0.3 is 10.4 Å². The Morgan fingerprint density at radius 2 is 1.88 bits per heavy atom. The second-order valence-electron chi connectivity index (χ2n) is 6.52. The molecule has 2 aromatic carbocycles. The predicted octanol–water partition coefficient (Wildman–Crippen LogP) is 3.41. The van der Waals surface area contributed by atoms with Gasteiger partial charge in [-0.15, -0.1) is 0 Å². The summed E-state index contributed by atoms with van der Waals surface area (Å²) < 4.78 is 13.1. The molecule has 1 amide bonds. The molecule has 1 saturated carbocycles. The van der Waals surface area contributed by atoms with Gasteiger partial charge in [-0.25, -0.2) is 4.39 Å². The molecule has 1 unspecified atom stereocenters. The van der Waals surface area contributed by atoms with E-state index in [1.54, 1.807) is 12.1 Å². The molecule has 0 bridgehead atoms. The van der Waals surface area contributed by atoms with Gasteiger partial charge in [0, 0.05) is 6.54 Å². The molecule has 3 nitrogen and oxygen atoms in total. The van der Waals surface area contributed by atoms with Crippen molar-refractivity contribution in [1.29, 1.82) is 0 Å². The van der Waals surface area contributed by atoms with Gasteiger partial charge in [-0.2, -0.15) is 0 Å². The van der Waals surface area contributed by atoms with Gasteiger partial charge in [-0.1, -0.05) is 42.8 Å². The van der Waals surface area contributed by atoms with Crippen molar-refractivity contribution in [2.45, 2.75) is 37.7 Å². The zero-order chi connectivity index (χ0) is 17.2. The summed E-state index contributed by atoms with van der Waals surface area (Å²) in [5.74, 6) is -0.392. The van der Waals surface area contributed by atoms with Gasteiger partial charge in [-0.3, -0.25) is 4.79 Å². The molecule has 0 aliphatic heterocycles. The van der Waals surface area contributed by atoms with Crippen LogP contribution in [-0.2, 0) is 10.2 Å². The van der Waals surface area contributed by atoms with Crippen LogP contribution in [0.3, 0.4) is 0 Å². The summed E-state index contributed by atoms with van der Waals surface area (Å²) >= 11 is 0. The zero-order valence-corrected chi connectivity index (χ0v) is 13.8. The van der Waals surface area contributed by atoms with Crippen molar-refractivity contribution in [3.05, 3.63) is 71.0 Å². The lowest BCUT2D eigenvalue weighted by Gasteiger charge is -2.41. The molecule has 4 heteroatoms. The van der Waals surface area contributed by atoms with Crippen molar-refractivity contribution in [1.82, 2.24) is 5.32 Å². The van der Waals surface area contributed by atoms with Gasteiger partial charge in [0.15, 0.2) is 0 Å². The van der Waals surface area contributed by atoms with Gasteiger partial charge in [-0.05, 0) is 48.6 Å². The molecule has 1 atom stereocenters. The molecule has 0 heterocycles. The van der Waals surface area contributed by atoms with Crippen LogP contribution in [0.25, 0.3) is 0 Å². The first-order valence-electron chi connectivity index (χ1n) is 8.31. The predicted molar refractivity (Wildman–Crippen MR) is 91.1 cm³/mol. The molecule has 1 aliphatic carbocycles. The van der Waals surface area contributed by atoms with E-state index in [1.165, 1.54) is 12.1 Å². The first kappa shape index (κ1) is 16.7. The van der Waals surface area contributed by atoms with Gasteiger partial charge in [0.2, 0.25) is 5.91 Å². The quantitative estimate of drug-likeness (QED) is 0.884. The van der Waals surface area contributed by atoms with E-state index < -0.39 is 11.5 Å². The Balaban J connectivity index is 1.69. The van der Waals surface area contributed by atoms with E-state index in [-0.39, 0.29) is 18.3 Å². The SMILES string of the molecule is Cc1ccccc1C(O)CNC(=O)C1(c2ccc(F)cc2)CCC1. The number of hydrogen-bond acceptors (Lipinski definition) is 2. The third kappa shape index (κ3) is 3.06. The molecule has 0 spiro atoms. The summed E-state index contributed by atoms with van der Waals surface area (Å²) in [4.78, 5) is 12.7. The number of hydrogen-bond donors (Lipinski definition) is 2. The maximum Gasteiger partial charge on any atom is 0.230 e. The Morgan fingerprint density at radius 3 is 2.46 bits per heavy atom. The fraction of sp³-hybridized carbons (Fsp3) is 0.350. The fourth-order valence-corrected chi connectivity index (χ4v) is 3.38. The third-order valence-corrected chi connectivity index (χ3v) is 5.04. The van der Waals surface area contributed by atoms with Crippen LogP contribution in [0.1, 0.15) is 42.1 Å². The highest BCUT2D eigenvalue weighted by Crippen LogP contribution is 2.44. The van der Waals surface area contributed by atoms with Crippen molar-refractivity contribution in [3.63, 3.8) is 0 Å². The summed E-state index contributed by atoms with van der Waals surface area (Å²) in [5, 5.41) is 13.2. The van der Waals surface area contributed by atoms with E-state index in [2.05, 4.69) is 5.32 Å². The highest BCUT2D eigenvalue weighted by molar-refractivity contribution is 5.89. The molecule has 1 fully saturated rings. The summed E-state index contributed by atoms with van der Waals surface area (Å²) in [6.07, 6.45) is 1.75. The number of benzene rings is 2. The topological polar surface area (TPSA) is 49.3 Å². The number of carbonyl (C=O) groups excluding carboxylic acids is 1. The Kier molecular flexibility index (Phi) is 4.67. The molecular weight excluding hydrogens is 305 g/mol. The number of rotatable bonds is 5. The maximum absolute atomic E-state index is 13.1. The number of halogens is 1. The van der Waals surface area contributed by atoms with Crippen molar-refractivity contribution in [2.75, 3.05) is 6.54 Å². The number of carbonyl (C=O) groups is 1. The number of aliphatic hydroxyl groups is 1. The molecule has 2 N–H and O–H groups in total. The van der Waals surface area contributed by atoms with Crippen LogP contribution in [0.4, 0.5) is 4.39 Å². The molecule has 0 radical (unpaired) electrons. The Hall–Kier alpha value is -2.20. The van der Waals surface area contributed by atoms with Crippen molar-refractivity contribution in [2.24, 2.45) is 0 Å². The average molecular weight is 327 g/mol. The zero-order valence-electron chi connectivity index (χ0n) is 13.8. The highest BCUT2D eigenvalue weighted by Gasteiger charge is 2.45. The van der Waals surface area contributed by atoms with Crippen LogP contribution in [-0.4, -0.2) is 17.6 Å². The smallest absolute Gasteiger partial charge is 0.230 e. The lowest BCUT2D eigenvalue weighted by Crippen LogP contribution is -2.50. The fourth-order valence-electron chi connectivity index (χ4n) is 3.38. The summed E-state index contributed by atoms with van der Waals surface area (Å²) in [7, 11) is 0. The molecule has 0 aromatic heterocycles. The van der Waals surface area contributed by atoms with E-state index in [1.807, 2.05) is 31.2 Å². The van der Waals surface area contributed by atoms with Crippen LogP contribution in [0, 0.1) is 12.7 Å². The molecule has 2 aromatic rings.